The second-order valence-corrected chi connectivity index (χ2v) is 13.4. The lowest BCUT2D eigenvalue weighted by atomic mass is 10.1. The summed E-state index contributed by atoms with van der Waals surface area (Å²) in [6.45, 7) is 11.3. The standard InChI is InChI=1S/C37H44N6O6/c1-36(2,3)48-34(46)29(41-32(44)19-16-26-13-8-7-9-14-26)25-39-33(45)27-17-18-30-28(23-27)24-40-43(30)22-12-21-42(31-15-10-11-20-38-31)35(47)49-37(4,5)6/h7-11,13-20,23-24,29H,12,21-22,25H2,1-6H3,(H,39,45)(H,41,44)/b19-16+/t29-/m0/s1. The monoisotopic (exact) mass is 668 g/mol. The van der Waals surface area contributed by atoms with Gasteiger partial charge < -0.3 is 20.1 Å². The van der Waals surface area contributed by atoms with Crippen LogP contribution >= 0.6 is 0 Å². The second-order valence-electron chi connectivity index (χ2n) is 13.4. The summed E-state index contributed by atoms with van der Waals surface area (Å²) in [5, 5.41) is 10.6. The number of fused-ring (bicyclic) bond motifs is 1. The van der Waals surface area contributed by atoms with Gasteiger partial charge in [0.15, 0.2) is 0 Å². The van der Waals surface area contributed by atoms with E-state index >= 15 is 0 Å². The van der Waals surface area contributed by atoms with E-state index in [1.165, 1.54) is 11.0 Å². The average Bonchev–Trinajstić information content (AvgIpc) is 3.45. The van der Waals surface area contributed by atoms with Crippen LogP contribution in [0.15, 0.2) is 85.2 Å². The van der Waals surface area contributed by atoms with Crippen LogP contribution in [0.5, 0.6) is 0 Å². The third-order valence-electron chi connectivity index (χ3n) is 6.90. The Balaban J connectivity index is 1.39. The van der Waals surface area contributed by atoms with Gasteiger partial charge >= 0.3 is 12.1 Å². The Labute approximate surface area is 286 Å². The van der Waals surface area contributed by atoms with Gasteiger partial charge in [0.1, 0.15) is 23.1 Å². The van der Waals surface area contributed by atoms with Crippen molar-refractivity contribution in [3.05, 3.63) is 96.3 Å². The third-order valence-corrected chi connectivity index (χ3v) is 6.90. The smallest absolute Gasteiger partial charge is 0.416 e. The molecule has 4 aromatic rings. The highest BCUT2D eigenvalue weighted by Crippen LogP contribution is 2.19. The lowest BCUT2D eigenvalue weighted by Gasteiger charge is -2.26. The first kappa shape index (κ1) is 36.3. The van der Waals surface area contributed by atoms with Gasteiger partial charge in [0, 0.05) is 42.9 Å². The summed E-state index contributed by atoms with van der Waals surface area (Å²) in [6, 6.07) is 18.7. The fourth-order valence-electron chi connectivity index (χ4n) is 4.73. The number of benzene rings is 2. The Morgan fingerprint density at radius 3 is 2.31 bits per heavy atom. The highest BCUT2D eigenvalue weighted by molar-refractivity contribution is 5.99. The van der Waals surface area contributed by atoms with Crippen LogP contribution in [0.4, 0.5) is 10.6 Å². The molecule has 2 aromatic heterocycles. The topological polar surface area (TPSA) is 145 Å². The summed E-state index contributed by atoms with van der Waals surface area (Å²) in [6.07, 6.45) is 6.33. The molecule has 3 amide bonds. The average molecular weight is 669 g/mol. The summed E-state index contributed by atoms with van der Waals surface area (Å²) in [7, 11) is 0. The number of ether oxygens (including phenoxy) is 2. The van der Waals surface area contributed by atoms with Crippen LogP contribution in [0.2, 0.25) is 0 Å². The minimum Gasteiger partial charge on any atom is -0.458 e. The van der Waals surface area contributed by atoms with Crippen molar-refractivity contribution in [2.24, 2.45) is 0 Å². The van der Waals surface area contributed by atoms with Crippen LogP contribution in [0.3, 0.4) is 0 Å². The largest absolute Gasteiger partial charge is 0.458 e. The third kappa shape index (κ3) is 11.3. The zero-order valence-electron chi connectivity index (χ0n) is 28.8. The molecule has 0 saturated carbocycles. The number of nitrogens with zero attached hydrogens (tertiary/aromatic N) is 4. The van der Waals surface area contributed by atoms with Crippen molar-refractivity contribution in [2.45, 2.75) is 71.8 Å². The van der Waals surface area contributed by atoms with E-state index in [9.17, 15) is 19.2 Å². The van der Waals surface area contributed by atoms with Crippen LogP contribution in [0, 0.1) is 0 Å². The number of carbonyl (C=O) groups is 4. The van der Waals surface area contributed by atoms with Crippen molar-refractivity contribution >= 4 is 46.7 Å². The zero-order valence-corrected chi connectivity index (χ0v) is 28.8. The van der Waals surface area contributed by atoms with Gasteiger partial charge in [-0.1, -0.05) is 36.4 Å². The SMILES string of the molecule is CC(C)(C)OC(=O)[C@H](CNC(=O)c1ccc2c(cnn2CCCN(C(=O)OC(C)(C)C)c2ccccn2)c1)NC(=O)/C=C/c1ccccc1. The van der Waals surface area contributed by atoms with Gasteiger partial charge in [-0.05, 0) is 89.9 Å². The number of hydrogen-bond donors (Lipinski definition) is 2. The maximum Gasteiger partial charge on any atom is 0.416 e. The predicted molar refractivity (Wildman–Crippen MR) is 188 cm³/mol. The number of hydrogen-bond acceptors (Lipinski definition) is 8. The van der Waals surface area contributed by atoms with Gasteiger partial charge in [0.25, 0.3) is 5.91 Å². The summed E-state index contributed by atoms with van der Waals surface area (Å²) >= 11 is 0. The van der Waals surface area contributed by atoms with Crippen molar-refractivity contribution in [1.82, 2.24) is 25.4 Å². The lowest BCUT2D eigenvalue weighted by Crippen LogP contribution is -2.50. The zero-order chi connectivity index (χ0) is 35.6. The van der Waals surface area contributed by atoms with Gasteiger partial charge in [0.2, 0.25) is 5.91 Å². The van der Waals surface area contributed by atoms with Crippen LogP contribution in [-0.2, 0) is 25.6 Å². The molecule has 1 atom stereocenters. The minimum absolute atomic E-state index is 0.180. The molecule has 2 N–H and O–H groups in total. The van der Waals surface area contributed by atoms with Crippen LogP contribution in [0.25, 0.3) is 17.0 Å². The van der Waals surface area contributed by atoms with Gasteiger partial charge in [-0.15, -0.1) is 0 Å². The molecule has 0 unspecified atom stereocenters. The Morgan fingerprint density at radius 2 is 1.63 bits per heavy atom. The fraction of sp³-hybridized carbons (Fsp3) is 0.351. The summed E-state index contributed by atoms with van der Waals surface area (Å²) in [4.78, 5) is 57.6. The Bertz CT molecular complexity index is 1770. The van der Waals surface area contributed by atoms with Crippen molar-refractivity contribution in [2.75, 3.05) is 18.0 Å². The number of aromatic nitrogens is 3. The van der Waals surface area contributed by atoms with Crippen LogP contribution < -0.4 is 15.5 Å². The molecule has 0 aliphatic heterocycles. The lowest BCUT2D eigenvalue weighted by molar-refractivity contribution is -0.158. The molecule has 0 radical (unpaired) electrons. The Hall–Kier alpha value is -5.52. The van der Waals surface area contributed by atoms with E-state index in [1.807, 2.05) is 57.2 Å². The molecule has 0 fully saturated rings. The first-order valence-corrected chi connectivity index (χ1v) is 16.1. The van der Waals surface area contributed by atoms with E-state index in [1.54, 1.807) is 74.3 Å². The molecule has 0 aliphatic rings. The minimum atomic E-state index is -1.12. The Morgan fingerprint density at radius 1 is 0.918 bits per heavy atom. The maximum absolute atomic E-state index is 13.2. The van der Waals surface area contributed by atoms with Crippen molar-refractivity contribution in [3.8, 4) is 0 Å². The van der Waals surface area contributed by atoms with E-state index in [-0.39, 0.29) is 6.54 Å². The number of nitrogens with one attached hydrogen (secondary N) is 2. The molecule has 0 bridgehead atoms. The fourth-order valence-corrected chi connectivity index (χ4v) is 4.73. The number of carbonyl (C=O) groups excluding carboxylic acids is 4. The molecule has 12 nitrogen and oxygen atoms in total. The number of aryl methyl sites for hydroxylation is 1. The number of anilines is 1. The molecule has 4 rings (SSSR count). The molecule has 0 saturated heterocycles. The highest BCUT2D eigenvalue weighted by atomic mass is 16.6. The van der Waals surface area contributed by atoms with E-state index in [2.05, 4.69) is 20.7 Å². The van der Waals surface area contributed by atoms with Crippen molar-refractivity contribution in [3.63, 3.8) is 0 Å². The molecule has 2 aromatic carbocycles. The van der Waals surface area contributed by atoms with E-state index in [4.69, 9.17) is 9.47 Å². The summed E-state index contributed by atoms with van der Waals surface area (Å²) < 4.78 is 12.9. The molecule has 49 heavy (non-hydrogen) atoms. The number of esters is 1. The van der Waals surface area contributed by atoms with Gasteiger partial charge in [0.05, 0.1) is 11.7 Å². The molecular formula is C37H44N6O6. The molecular weight excluding hydrogens is 624 g/mol. The van der Waals surface area contributed by atoms with Gasteiger partial charge in [-0.2, -0.15) is 5.10 Å². The maximum atomic E-state index is 13.2. The summed E-state index contributed by atoms with van der Waals surface area (Å²) in [5.74, 6) is -1.10. The molecule has 258 valence electrons. The molecule has 0 spiro atoms. The van der Waals surface area contributed by atoms with Crippen LogP contribution in [-0.4, -0.2) is 69.0 Å². The van der Waals surface area contributed by atoms with E-state index in [0.717, 1.165) is 16.5 Å². The van der Waals surface area contributed by atoms with Crippen LogP contribution in [0.1, 0.15) is 63.9 Å². The number of amides is 3. The first-order valence-electron chi connectivity index (χ1n) is 16.1. The molecule has 2 heterocycles. The Kier molecular flexibility index (Phi) is 11.9. The van der Waals surface area contributed by atoms with E-state index < -0.39 is 41.1 Å². The summed E-state index contributed by atoms with van der Waals surface area (Å²) in [5.41, 5.74) is 0.544. The van der Waals surface area contributed by atoms with E-state index in [0.29, 0.717) is 30.9 Å². The van der Waals surface area contributed by atoms with Crippen molar-refractivity contribution < 1.29 is 28.7 Å². The molecule has 12 heteroatoms. The predicted octanol–water partition coefficient (Wildman–Crippen LogP) is 5.53. The molecule has 0 aliphatic carbocycles. The quantitative estimate of drug-likeness (QED) is 0.148. The van der Waals surface area contributed by atoms with Crippen molar-refractivity contribution in [1.29, 1.82) is 0 Å². The highest BCUT2D eigenvalue weighted by Gasteiger charge is 2.27. The normalized spacial score (nSPS) is 12.4. The van der Waals surface area contributed by atoms with Gasteiger partial charge in [-0.3, -0.25) is 19.2 Å². The first-order chi connectivity index (χ1) is 23.2. The number of rotatable bonds is 12. The van der Waals surface area contributed by atoms with Gasteiger partial charge in [-0.25, -0.2) is 14.6 Å². The second kappa shape index (κ2) is 16.1. The number of pyridine rings is 1.